The molecule has 27 heavy (non-hydrogen) atoms. The van der Waals surface area contributed by atoms with Crippen molar-refractivity contribution < 1.29 is 19.7 Å². The summed E-state index contributed by atoms with van der Waals surface area (Å²) in [4.78, 5) is 0. The first-order chi connectivity index (χ1) is 12.7. The molecule has 1 heterocycles. The van der Waals surface area contributed by atoms with Gasteiger partial charge in [-0.15, -0.1) is 0 Å². The Balaban J connectivity index is 1.73. The summed E-state index contributed by atoms with van der Waals surface area (Å²) in [6.45, 7) is 3.70. The number of benzene rings is 2. The third-order valence-corrected chi connectivity index (χ3v) is 4.77. The maximum absolute atomic E-state index is 9.66. The third kappa shape index (κ3) is 4.99. The standard InChI is InChI=1S/C21H28N2O4/c1-21(2)26-19(17(22)11-13-5-3-7-15(24)9-13)20(27-21)18(23)12-14-6-4-8-16(25)10-14/h3-10,17-20,24-25H,11-12,22-23H2,1-2H3/t17-,18-,19+,20+/m1/s1. The Morgan fingerprint density at radius 2 is 1.26 bits per heavy atom. The molecule has 4 atom stereocenters. The molecular formula is C21H28N2O4. The molecule has 1 aliphatic rings. The largest absolute Gasteiger partial charge is 0.508 e. The lowest BCUT2D eigenvalue weighted by molar-refractivity contribution is -0.149. The van der Waals surface area contributed by atoms with Gasteiger partial charge in [0.25, 0.3) is 0 Å². The van der Waals surface area contributed by atoms with Crippen LogP contribution < -0.4 is 11.5 Å². The number of phenols is 2. The van der Waals surface area contributed by atoms with Gasteiger partial charge in [-0.05, 0) is 62.1 Å². The SMILES string of the molecule is CC1(C)O[C@@H]([C@H](N)Cc2cccc(O)c2)[C@H]([C@H](N)Cc2cccc(O)c2)O1. The molecule has 6 nitrogen and oxygen atoms in total. The van der Waals surface area contributed by atoms with Crippen molar-refractivity contribution in [2.75, 3.05) is 0 Å². The molecule has 1 fully saturated rings. The quantitative estimate of drug-likeness (QED) is 0.618. The molecule has 0 aromatic heterocycles. The Labute approximate surface area is 159 Å². The van der Waals surface area contributed by atoms with Gasteiger partial charge in [0.15, 0.2) is 5.79 Å². The summed E-state index contributed by atoms with van der Waals surface area (Å²) < 4.78 is 12.1. The van der Waals surface area contributed by atoms with Crippen LogP contribution in [-0.2, 0) is 22.3 Å². The lowest BCUT2D eigenvalue weighted by Gasteiger charge is -2.27. The van der Waals surface area contributed by atoms with E-state index in [0.717, 1.165) is 11.1 Å². The van der Waals surface area contributed by atoms with E-state index in [0.29, 0.717) is 12.8 Å². The van der Waals surface area contributed by atoms with Crippen LogP contribution in [-0.4, -0.2) is 40.3 Å². The summed E-state index contributed by atoms with van der Waals surface area (Å²) in [5, 5.41) is 19.3. The average Bonchev–Trinajstić information content (AvgIpc) is 2.91. The number of phenolic OH excluding ortho intramolecular Hbond substituents is 2. The number of hydrogen-bond acceptors (Lipinski definition) is 6. The summed E-state index contributed by atoms with van der Waals surface area (Å²) >= 11 is 0. The zero-order valence-electron chi connectivity index (χ0n) is 15.7. The van der Waals surface area contributed by atoms with Crippen LogP contribution in [0.3, 0.4) is 0 Å². The van der Waals surface area contributed by atoms with Gasteiger partial charge in [0.1, 0.15) is 23.7 Å². The third-order valence-electron chi connectivity index (χ3n) is 4.77. The second-order valence-electron chi connectivity index (χ2n) is 7.64. The molecular weight excluding hydrogens is 344 g/mol. The summed E-state index contributed by atoms with van der Waals surface area (Å²) in [6, 6.07) is 13.4. The van der Waals surface area contributed by atoms with Crippen molar-refractivity contribution >= 4 is 0 Å². The van der Waals surface area contributed by atoms with Crippen molar-refractivity contribution in [2.45, 2.75) is 56.8 Å². The predicted octanol–water partition coefficient (Wildman–Crippen LogP) is 2.06. The van der Waals surface area contributed by atoms with Gasteiger partial charge in [-0.3, -0.25) is 0 Å². The molecule has 0 amide bonds. The zero-order chi connectivity index (χ0) is 19.6. The first kappa shape index (κ1) is 19.6. The molecule has 0 saturated carbocycles. The minimum atomic E-state index is -0.776. The highest BCUT2D eigenvalue weighted by molar-refractivity contribution is 5.29. The molecule has 146 valence electrons. The van der Waals surface area contributed by atoms with E-state index >= 15 is 0 Å². The van der Waals surface area contributed by atoms with E-state index < -0.39 is 5.79 Å². The van der Waals surface area contributed by atoms with Crippen LogP contribution in [0.25, 0.3) is 0 Å². The van der Waals surface area contributed by atoms with Crippen LogP contribution >= 0.6 is 0 Å². The summed E-state index contributed by atoms with van der Waals surface area (Å²) in [5.41, 5.74) is 14.7. The number of aromatic hydroxyl groups is 2. The maximum Gasteiger partial charge on any atom is 0.163 e. The molecule has 2 aromatic rings. The van der Waals surface area contributed by atoms with Gasteiger partial charge in [-0.2, -0.15) is 0 Å². The zero-order valence-corrected chi connectivity index (χ0v) is 15.7. The highest BCUT2D eigenvalue weighted by Gasteiger charge is 2.46. The van der Waals surface area contributed by atoms with Crippen LogP contribution in [0.5, 0.6) is 11.5 Å². The Bertz CT molecular complexity index is 717. The molecule has 0 unspecified atom stereocenters. The van der Waals surface area contributed by atoms with Gasteiger partial charge in [0, 0.05) is 12.1 Å². The normalized spacial score (nSPS) is 23.9. The molecule has 3 rings (SSSR count). The van der Waals surface area contributed by atoms with Crippen molar-refractivity contribution in [3.05, 3.63) is 59.7 Å². The molecule has 0 radical (unpaired) electrons. The van der Waals surface area contributed by atoms with Crippen molar-refractivity contribution in [1.82, 2.24) is 0 Å². The number of ether oxygens (including phenoxy) is 2. The lowest BCUT2D eigenvalue weighted by Crippen LogP contribution is -2.51. The molecule has 1 saturated heterocycles. The monoisotopic (exact) mass is 372 g/mol. The molecule has 1 aliphatic heterocycles. The Hall–Kier alpha value is -2.12. The van der Waals surface area contributed by atoms with Crippen LogP contribution in [0.4, 0.5) is 0 Å². The Kier molecular flexibility index (Phi) is 5.72. The Morgan fingerprint density at radius 3 is 1.63 bits per heavy atom. The van der Waals surface area contributed by atoms with Crippen molar-refractivity contribution in [3.8, 4) is 11.5 Å². The second-order valence-corrected chi connectivity index (χ2v) is 7.64. The molecule has 0 aliphatic carbocycles. The molecule has 2 aromatic carbocycles. The van der Waals surface area contributed by atoms with Crippen LogP contribution in [0.1, 0.15) is 25.0 Å². The van der Waals surface area contributed by atoms with Gasteiger partial charge in [-0.25, -0.2) is 0 Å². The van der Waals surface area contributed by atoms with Crippen LogP contribution in [0.15, 0.2) is 48.5 Å². The predicted molar refractivity (Wildman–Crippen MR) is 103 cm³/mol. The van der Waals surface area contributed by atoms with Gasteiger partial charge in [0.05, 0.1) is 0 Å². The van der Waals surface area contributed by atoms with Gasteiger partial charge >= 0.3 is 0 Å². The second kappa shape index (κ2) is 7.86. The van der Waals surface area contributed by atoms with Crippen LogP contribution in [0.2, 0.25) is 0 Å². The van der Waals surface area contributed by atoms with Gasteiger partial charge in [0.2, 0.25) is 0 Å². The van der Waals surface area contributed by atoms with Gasteiger partial charge in [-0.1, -0.05) is 24.3 Å². The minimum Gasteiger partial charge on any atom is -0.508 e. The van der Waals surface area contributed by atoms with Gasteiger partial charge < -0.3 is 31.2 Å². The lowest BCUT2D eigenvalue weighted by atomic mass is 9.92. The number of nitrogens with two attached hydrogens (primary N) is 2. The molecule has 0 spiro atoms. The molecule has 6 heteroatoms. The number of hydrogen-bond donors (Lipinski definition) is 4. The minimum absolute atomic E-state index is 0.209. The highest BCUT2D eigenvalue weighted by Crippen LogP contribution is 2.32. The van der Waals surface area contributed by atoms with E-state index in [4.69, 9.17) is 20.9 Å². The van der Waals surface area contributed by atoms with E-state index in [1.807, 2.05) is 26.0 Å². The van der Waals surface area contributed by atoms with E-state index in [1.54, 1.807) is 36.4 Å². The van der Waals surface area contributed by atoms with Crippen molar-refractivity contribution in [3.63, 3.8) is 0 Å². The smallest absolute Gasteiger partial charge is 0.163 e. The van der Waals surface area contributed by atoms with E-state index in [2.05, 4.69) is 0 Å². The van der Waals surface area contributed by atoms with Crippen LogP contribution in [0, 0.1) is 0 Å². The Morgan fingerprint density at radius 1 is 0.852 bits per heavy atom. The fourth-order valence-electron chi connectivity index (χ4n) is 3.62. The fourth-order valence-corrected chi connectivity index (χ4v) is 3.62. The van der Waals surface area contributed by atoms with Crippen molar-refractivity contribution in [1.29, 1.82) is 0 Å². The highest BCUT2D eigenvalue weighted by atomic mass is 16.8. The molecule has 6 N–H and O–H groups in total. The first-order valence-electron chi connectivity index (χ1n) is 9.16. The van der Waals surface area contributed by atoms with Crippen molar-refractivity contribution in [2.24, 2.45) is 11.5 Å². The van der Waals surface area contributed by atoms with E-state index in [9.17, 15) is 10.2 Å². The van der Waals surface area contributed by atoms with E-state index in [1.165, 1.54) is 0 Å². The topological polar surface area (TPSA) is 111 Å². The average molecular weight is 372 g/mol. The summed E-state index contributed by atoms with van der Waals surface area (Å²) in [5.74, 6) is -0.358. The first-order valence-corrected chi connectivity index (χ1v) is 9.16. The fraction of sp³-hybridized carbons (Fsp3) is 0.429. The maximum atomic E-state index is 9.66. The van der Waals surface area contributed by atoms with E-state index in [-0.39, 0.29) is 35.8 Å². The molecule has 0 bridgehead atoms. The summed E-state index contributed by atoms with van der Waals surface area (Å²) in [7, 11) is 0. The number of rotatable bonds is 6. The summed E-state index contributed by atoms with van der Waals surface area (Å²) in [6.07, 6.45) is 0.311.